The number of carbonyl (C=O) groups is 1. The Bertz CT molecular complexity index is 639. The quantitative estimate of drug-likeness (QED) is 0.313. The topological polar surface area (TPSA) is 37.3 Å². The second kappa shape index (κ2) is 13.2. The molecule has 158 valence electrons. The van der Waals surface area contributed by atoms with Gasteiger partial charge in [-0.1, -0.05) is 119 Å². The third-order valence-electron chi connectivity index (χ3n) is 6.25. The van der Waals surface area contributed by atoms with Crippen molar-refractivity contribution >= 4 is 5.97 Å². The average molecular weight is 395 g/mol. The summed E-state index contributed by atoms with van der Waals surface area (Å²) < 4.78 is 0. The molecule has 0 spiro atoms. The molecule has 0 bridgehead atoms. The highest BCUT2D eigenvalue weighted by Crippen LogP contribution is 2.40. The summed E-state index contributed by atoms with van der Waals surface area (Å²) in [5.74, 6) is -0.667. The van der Waals surface area contributed by atoms with Crippen molar-refractivity contribution in [2.45, 2.75) is 89.4 Å². The van der Waals surface area contributed by atoms with Gasteiger partial charge in [0.25, 0.3) is 0 Å². The van der Waals surface area contributed by atoms with Gasteiger partial charge in [0, 0.05) is 11.8 Å². The van der Waals surface area contributed by atoms with Crippen LogP contribution in [0, 0.1) is 0 Å². The summed E-state index contributed by atoms with van der Waals surface area (Å²) in [5.41, 5.74) is 3.00. The molecule has 0 aliphatic carbocycles. The van der Waals surface area contributed by atoms with Gasteiger partial charge in [-0.2, -0.15) is 0 Å². The molecule has 2 nitrogen and oxygen atoms in total. The van der Waals surface area contributed by atoms with Gasteiger partial charge in [0.1, 0.15) is 0 Å². The van der Waals surface area contributed by atoms with Gasteiger partial charge in [-0.05, 0) is 30.4 Å². The van der Waals surface area contributed by atoms with Crippen LogP contribution in [0.15, 0.2) is 60.7 Å². The minimum Gasteiger partial charge on any atom is -0.481 e. The molecule has 0 aromatic heterocycles. The molecule has 0 radical (unpaired) electrons. The zero-order chi connectivity index (χ0) is 20.8. The lowest BCUT2D eigenvalue weighted by molar-refractivity contribution is -0.137. The summed E-state index contributed by atoms with van der Waals surface area (Å²) >= 11 is 0. The number of carboxylic acids is 1. The van der Waals surface area contributed by atoms with E-state index in [4.69, 9.17) is 5.11 Å². The van der Waals surface area contributed by atoms with E-state index in [-0.39, 0.29) is 5.41 Å². The highest BCUT2D eigenvalue weighted by Gasteiger charge is 2.31. The predicted molar refractivity (Wildman–Crippen MR) is 122 cm³/mol. The molecular weight excluding hydrogens is 356 g/mol. The van der Waals surface area contributed by atoms with Gasteiger partial charge in [0.05, 0.1) is 0 Å². The molecule has 29 heavy (non-hydrogen) atoms. The first kappa shape index (κ1) is 23.2. The molecular formula is C27H38O2. The van der Waals surface area contributed by atoms with E-state index in [2.05, 4.69) is 67.6 Å². The maximum Gasteiger partial charge on any atom is 0.303 e. The standard InChI is InChI=1S/C27H38O2/c1-2-27(24-18-12-10-13-19-24,25-20-14-11-15-21-25)23-17-9-7-5-3-4-6-8-16-22-26(28)29/h10-15,18-21H,2-9,16-17,22-23H2,1H3,(H,28,29). The normalized spacial score (nSPS) is 11.5. The van der Waals surface area contributed by atoms with Gasteiger partial charge in [-0.15, -0.1) is 0 Å². The van der Waals surface area contributed by atoms with Gasteiger partial charge in [0.15, 0.2) is 0 Å². The number of aliphatic carboxylic acids is 1. The Labute approximate surface area is 177 Å². The molecule has 0 fully saturated rings. The van der Waals surface area contributed by atoms with Crippen molar-refractivity contribution in [3.63, 3.8) is 0 Å². The monoisotopic (exact) mass is 394 g/mol. The van der Waals surface area contributed by atoms with E-state index in [1.165, 1.54) is 62.5 Å². The maximum absolute atomic E-state index is 10.5. The fourth-order valence-electron chi connectivity index (χ4n) is 4.50. The highest BCUT2D eigenvalue weighted by atomic mass is 16.4. The van der Waals surface area contributed by atoms with E-state index in [1.807, 2.05) is 0 Å². The fraction of sp³-hybridized carbons (Fsp3) is 0.519. The van der Waals surface area contributed by atoms with Crippen LogP contribution in [0.4, 0.5) is 0 Å². The first-order valence-corrected chi connectivity index (χ1v) is 11.5. The van der Waals surface area contributed by atoms with Gasteiger partial charge >= 0.3 is 5.97 Å². The summed E-state index contributed by atoms with van der Waals surface area (Å²) in [7, 11) is 0. The van der Waals surface area contributed by atoms with Crippen LogP contribution in [0.25, 0.3) is 0 Å². The predicted octanol–water partition coefficient (Wildman–Crippen LogP) is 7.76. The van der Waals surface area contributed by atoms with Gasteiger partial charge in [0.2, 0.25) is 0 Å². The molecule has 2 aromatic rings. The Morgan fingerprint density at radius 2 is 1.10 bits per heavy atom. The molecule has 1 N–H and O–H groups in total. The number of carboxylic acid groups (broad SMARTS) is 1. The number of unbranched alkanes of at least 4 members (excludes halogenated alkanes) is 8. The maximum atomic E-state index is 10.5. The average Bonchev–Trinajstić information content (AvgIpc) is 2.76. The summed E-state index contributed by atoms with van der Waals surface area (Å²) in [6, 6.07) is 22.0. The molecule has 0 saturated heterocycles. The van der Waals surface area contributed by atoms with Crippen LogP contribution in [0.2, 0.25) is 0 Å². The van der Waals surface area contributed by atoms with Crippen LogP contribution >= 0.6 is 0 Å². The van der Waals surface area contributed by atoms with E-state index < -0.39 is 5.97 Å². The number of benzene rings is 2. The van der Waals surface area contributed by atoms with Crippen LogP contribution < -0.4 is 0 Å². The smallest absolute Gasteiger partial charge is 0.303 e. The zero-order valence-electron chi connectivity index (χ0n) is 18.1. The summed E-state index contributed by atoms with van der Waals surface area (Å²) in [4.78, 5) is 10.5. The van der Waals surface area contributed by atoms with E-state index >= 15 is 0 Å². The first-order chi connectivity index (χ1) is 14.2. The lowest BCUT2D eigenvalue weighted by Crippen LogP contribution is -2.27. The molecule has 2 heteroatoms. The van der Waals surface area contributed by atoms with Crippen molar-refractivity contribution in [2.24, 2.45) is 0 Å². The number of rotatable bonds is 15. The molecule has 0 amide bonds. The van der Waals surface area contributed by atoms with Crippen LogP contribution in [0.3, 0.4) is 0 Å². The second-order valence-corrected chi connectivity index (χ2v) is 8.24. The van der Waals surface area contributed by atoms with Crippen LogP contribution in [0.5, 0.6) is 0 Å². The second-order valence-electron chi connectivity index (χ2n) is 8.24. The molecule has 0 aliphatic rings. The third-order valence-corrected chi connectivity index (χ3v) is 6.25. The molecule has 0 saturated carbocycles. The Hall–Kier alpha value is -2.09. The number of hydrogen-bond donors (Lipinski definition) is 1. The Morgan fingerprint density at radius 1 is 0.690 bits per heavy atom. The summed E-state index contributed by atoms with van der Waals surface area (Å²) in [6.45, 7) is 2.32. The van der Waals surface area contributed by atoms with Crippen LogP contribution in [-0.4, -0.2) is 11.1 Å². The van der Waals surface area contributed by atoms with Crippen molar-refractivity contribution in [1.29, 1.82) is 0 Å². The minimum absolute atomic E-state index is 0.118. The van der Waals surface area contributed by atoms with Crippen LogP contribution in [0.1, 0.15) is 95.1 Å². The Morgan fingerprint density at radius 3 is 1.52 bits per heavy atom. The van der Waals surface area contributed by atoms with Crippen molar-refractivity contribution in [3.8, 4) is 0 Å². The Kier molecular flexibility index (Phi) is 10.5. The van der Waals surface area contributed by atoms with Crippen molar-refractivity contribution in [3.05, 3.63) is 71.8 Å². The lowest BCUT2D eigenvalue weighted by atomic mass is 9.69. The first-order valence-electron chi connectivity index (χ1n) is 11.5. The van der Waals surface area contributed by atoms with E-state index in [0.717, 1.165) is 19.3 Å². The molecule has 2 rings (SSSR count). The van der Waals surface area contributed by atoms with Crippen molar-refractivity contribution in [2.75, 3.05) is 0 Å². The number of hydrogen-bond acceptors (Lipinski definition) is 1. The molecule has 0 aliphatic heterocycles. The van der Waals surface area contributed by atoms with Gasteiger partial charge in [-0.3, -0.25) is 4.79 Å². The van der Waals surface area contributed by atoms with Gasteiger partial charge < -0.3 is 5.11 Å². The summed E-state index contributed by atoms with van der Waals surface area (Å²) in [6.07, 6.45) is 13.4. The van der Waals surface area contributed by atoms with E-state index in [9.17, 15) is 4.79 Å². The van der Waals surface area contributed by atoms with E-state index in [1.54, 1.807) is 0 Å². The molecule has 0 unspecified atom stereocenters. The third kappa shape index (κ3) is 7.68. The lowest BCUT2D eigenvalue weighted by Gasteiger charge is -2.34. The molecule has 0 heterocycles. The minimum atomic E-state index is -0.667. The van der Waals surface area contributed by atoms with Crippen molar-refractivity contribution < 1.29 is 9.90 Å². The summed E-state index contributed by atoms with van der Waals surface area (Å²) in [5, 5.41) is 8.66. The molecule has 2 aromatic carbocycles. The van der Waals surface area contributed by atoms with E-state index in [0.29, 0.717) is 6.42 Å². The highest BCUT2D eigenvalue weighted by molar-refractivity contribution is 5.66. The SMILES string of the molecule is CCC(CCCCCCCCCCCC(=O)O)(c1ccccc1)c1ccccc1. The zero-order valence-corrected chi connectivity index (χ0v) is 18.1. The Balaban J connectivity index is 1.76. The van der Waals surface area contributed by atoms with Crippen molar-refractivity contribution in [1.82, 2.24) is 0 Å². The fourth-order valence-corrected chi connectivity index (χ4v) is 4.50. The van der Waals surface area contributed by atoms with Gasteiger partial charge in [-0.25, -0.2) is 0 Å². The largest absolute Gasteiger partial charge is 0.481 e. The van der Waals surface area contributed by atoms with Crippen LogP contribution in [-0.2, 0) is 10.2 Å². The molecule has 0 atom stereocenters.